The van der Waals surface area contributed by atoms with Gasteiger partial charge in [-0.15, -0.1) is 0 Å². The molecule has 0 saturated heterocycles. The van der Waals surface area contributed by atoms with E-state index >= 15 is 0 Å². The molecule has 0 spiro atoms. The van der Waals surface area contributed by atoms with E-state index in [-0.39, 0.29) is 42.8 Å². The van der Waals surface area contributed by atoms with E-state index in [2.05, 4.69) is 11.1 Å². The second kappa shape index (κ2) is 15.7. The number of unbranched alkanes of at least 4 members (excludes halogenated alkanes) is 5. The fraction of sp³-hybridized carbons (Fsp3) is 1.00. The number of aliphatic hydroxyl groups excluding tert-OH is 1. The predicted octanol–water partition coefficient (Wildman–Crippen LogP) is -0.00340. The molecule has 5 nitrogen and oxygen atoms in total. The van der Waals surface area contributed by atoms with Crippen LogP contribution in [0.5, 0.6) is 0 Å². The van der Waals surface area contributed by atoms with Crippen LogP contribution in [0.25, 0.3) is 0 Å². The smallest absolute Gasteiger partial charge is 0.726 e. The van der Waals surface area contributed by atoms with Gasteiger partial charge < -0.3 is 9.66 Å². The van der Waals surface area contributed by atoms with Crippen LogP contribution >= 0.6 is 0 Å². The van der Waals surface area contributed by atoms with Gasteiger partial charge in [0.15, 0.2) is 0 Å². The van der Waals surface area contributed by atoms with Crippen molar-refractivity contribution >= 4 is 10.4 Å². The molecule has 0 fully saturated rings. The molecule has 7 heteroatoms. The summed E-state index contributed by atoms with van der Waals surface area (Å²) >= 11 is 0. The van der Waals surface area contributed by atoms with Gasteiger partial charge in [0.25, 0.3) is 0 Å². The van der Waals surface area contributed by atoms with Crippen LogP contribution in [0.4, 0.5) is 0 Å². The zero-order valence-electron chi connectivity index (χ0n) is 13.6. The van der Waals surface area contributed by atoms with E-state index in [0.717, 1.165) is 25.7 Å². The molecule has 1 unspecified atom stereocenters. The average Bonchev–Trinajstić information content (AvgIpc) is 2.36. The van der Waals surface area contributed by atoms with E-state index in [1.807, 2.05) is 0 Å². The van der Waals surface area contributed by atoms with Crippen molar-refractivity contribution in [3.8, 4) is 0 Å². The van der Waals surface area contributed by atoms with Crippen LogP contribution in [-0.2, 0) is 14.6 Å². The van der Waals surface area contributed by atoms with Gasteiger partial charge >= 0.3 is 29.6 Å². The molecule has 0 saturated carbocycles. The van der Waals surface area contributed by atoms with Crippen LogP contribution in [0.1, 0.15) is 71.1 Å². The molecule has 0 aliphatic carbocycles. The molecule has 0 aliphatic rings. The SMILES string of the molecule is CCCCCCCC(CCO)CCCCOS(=O)(=O)[O-].[Na+]. The Balaban J connectivity index is 0. The number of hydrogen-bond donors (Lipinski definition) is 1. The first-order chi connectivity index (χ1) is 9.49. The van der Waals surface area contributed by atoms with Gasteiger partial charge in [0.1, 0.15) is 0 Å². The first-order valence-corrected chi connectivity index (χ1v) is 9.04. The fourth-order valence-corrected chi connectivity index (χ4v) is 2.67. The molecular weight excluding hydrogens is 303 g/mol. The van der Waals surface area contributed by atoms with E-state index < -0.39 is 10.4 Å². The molecule has 0 heterocycles. The molecule has 0 amide bonds. The molecular formula is C14H29NaO5S. The van der Waals surface area contributed by atoms with Gasteiger partial charge in [-0.3, -0.25) is 4.18 Å². The molecule has 0 radical (unpaired) electrons. The first-order valence-electron chi connectivity index (χ1n) is 7.70. The van der Waals surface area contributed by atoms with Crippen molar-refractivity contribution in [2.45, 2.75) is 71.1 Å². The summed E-state index contributed by atoms with van der Waals surface area (Å²) < 4.78 is 34.9. The molecule has 0 aromatic rings. The minimum atomic E-state index is -4.55. The number of rotatable bonds is 14. The molecule has 0 aliphatic heterocycles. The van der Waals surface area contributed by atoms with Crippen LogP contribution in [-0.4, -0.2) is 31.3 Å². The zero-order chi connectivity index (χ0) is 15.3. The Morgan fingerprint density at radius 1 is 1.00 bits per heavy atom. The van der Waals surface area contributed by atoms with E-state index in [1.54, 1.807) is 0 Å². The van der Waals surface area contributed by atoms with Crippen molar-refractivity contribution in [2.24, 2.45) is 5.92 Å². The largest absolute Gasteiger partial charge is 1.00 e. The minimum Gasteiger partial charge on any atom is -0.726 e. The average molecular weight is 332 g/mol. The molecule has 122 valence electrons. The number of aliphatic hydroxyl groups is 1. The Morgan fingerprint density at radius 2 is 1.57 bits per heavy atom. The molecule has 1 N–H and O–H groups in total. The Bertz CT molecular complexity index is 308. The summed E-state index contributed by atoms with van der Waals surface area (Å²) in [7, 11) is -4.55. The molecule has 0 bridgehead atoms. The van der Waals surface area contributed by atoms with E-state index in [1.165, 1.54) is 32.1 Å². The molecule has 0 aromatic heterocycles. The summed E-state index contributed by atoms with van der Waals surface area (Å²) in [5.41, 5.74) is 0. The summed E-state index contributed by atoms with van der Waals surface area (Å²) in [6.07, 6.45) is 10.5. The van der Waals surface area contributed by atoms with Gasteiger partial charge in [-0.25, -0.2) is 8.42 Å². The van der Waals surface area contributed by atoms with Crippen LogP contribution < -0.4 is 29.6 Å². The Kier molecular flexibility index (Phi) is 18.0. The Hall–Kier alpha value is 0.830. The van der Waals surface area contributed by atoms with Gasteiger partial charge in [-0.05, 0) is 18.8 Å². The minimum absolute atomic E-state index is 0. The van der Waals surface area contributed by atoms with Crippen molar-refractivity contribution in [3.63, 3.8) is 0 Å². The van der Waals surface area contributed by atoms with E-state index in [0.29, 0.717) is 12.3 Å². The van der Waals surface area contributed by atoms with E-state index in [4.69, 9.17) is 5.11 Å². The topological polar surface area (TPSA) is 86.7 Å². The Labute approximate surface area is 152 Å². The molecule has 21 heavy (non-hydrogen) atoms. The third-order valence-electron chi connectivity index (χ3n) is 3.49. The maximum atomic E-state index is 10.2. The van der Waals surface area contributed by atoms with Crippen molar-refractivity contribution < 1.29 is 51.8 Å². The maximum absolute atomic E-state index is 10.2. The third-order valence-corrected chi connectivity index (χ3v) is 3.94. The van der Waals surface area contributed by atoms with Gasteiger partial charge in [-0.1, -0.05) is 58.3 Å². The molecule has 0 aromatic carbocycles. The van der Waals surface area contributed by atoms with Crippen LogP contribution in [0.3, 0.4) is 0 Å². The van der Waals surface area contributed by atoms with Gasteiger partial charge in [0.05, 0.1) is 6.61 Å². The summed E-state index contributed by atoms with van der Waals surface area (Å²) in [6.45, 7) is 2.36. The summed E-state index contributed by atoms with van der Waals surface area (Å²) in [5, 5.41) is 9.04. The van der Waals surface area contributed by atoms with Crippen LogP contribution in [0.2, 0.25) is 0 Å². The second-order valence-electron chi connectivity index (χ2n) is 5.31. The maximum Gasteiger partial charge on any atom is 1.00 e. The summed E-state index contributed by atoms with van der Waals surface area (Å²) in [4.78, 5) is 0. The monoisotopic (exact) mass is 332 g/mol. The van der Waals surface area contributed by atoms with Crippen molar-refractivity contribution in [2.75, 3.05) is 13.2 Å². The van der Waals surface area contributed by atoms with Crippen molar-refractivity contribution in [1.82, 2.24) is 0 Å². The molecule has 0 rings (SSSR count). The number of hydrogen-bond acceptors (Lipinski definition) is 5. The van der Waals surface area contributed by atoms with Gasteiger partial charge in [0.2, 0.25) is 10.4 Å². The van der Waals surface area contributed by atoms with Crippen molar-refractivity contribution in [3.05, 3.63) is 0 Å². The van der Waals surface area contributed by atoms with E-state index in [9.17, 15) is 13.0 Å². The van der Waals surface area contributed by atoms with Crippen LogP contribution in [0.15, 0.2) is 0 Å². The predicted molar refractivity (Wildman–Crippen MR) is 78.1 cm³/mol. The van der Waals surface area contributed by atoms with Crippen LogP contribution in [0, 0.1) is 5.92 Å². The normalized spacial score (nSPS) is 12.9. The zero-order valence-corrected chi connectivity index (χ0v) is 16.4. The second-order valence-corrected chi connectivity index (χ2v) is 6.36. The van der Waals surface area contributed by atoms with Gasteiger partial charge in [0, 0.05) is 6.61 Å². The van der Waals surface area contributed by atoms with Gasteiger partial charge in [-0.2, -0.15) is 0 Å². The third kappa shape index (κ3) is 18.8. The quantitative estimate of drug-likeness (QED) is 0.209. The summed E-state index contributed by atoms with van der Waals surface area (Å²) in [5.74, 6) is 0.491. The summed E-state index contributed by atoms with van der Waals surface area (Å²) in [6, 6.07) is 0. The molecule has 1 atom stereocenters. The first kappa shape index (κ1) is 24.1. The Morgan fingerprint density at radius 3 is 2.10 bits per heavy atom. The standard InChI is InChI=1S/C14H30O5S.Na/c1-2-3-4-5-6-9-14(11-12-15)10-7-8-13-19-20(16,17)18;/h14-15H,2-13H2,1H3,(H,16,17,18);/q;+1/p-1. The van der Waals surface area contributed by atoms with Crippen molar-refractivity contribution in [1.29, 1.82) is 0 Å². The fourth-order valence-electron chi connectivity index (χ4n) is 2.35.